The Morgan fingerprint density at radius 2 is 1.93 bits per heavy atom. The fourth-order valence-corrected chi connectivity index (χ4v) is 4.28. The Bertz CT molecular complexity index is 843. The topological polar surface area (TPSA) is 74.7 Å². The number of rotatable bonds is 6. The van der Waals surface area contributed by atoms with E-state index in [0.717, 1.165) is 16.9 Å². The van der Waals surface area contributed by atoms with Gasteiger partial charge in [-0.05, 0) is 31.0 Å². The van der Waals surface area contributed by atoms with Crippen LogP contribution in [0, 0.1) is 12.3 Å². The SMILES string of the molecule is Cc1cc(N2CC(Cc3ccccc3)(C(=O)NCC3(O)CCOCC3)C2)ccn1. The average Bonchev–Trinajstić information content (AvgIpc) is 2.70. The summed E-state index contributed by atoms with van der Waals surface area (Å²) in [5.41, 5.74) is 1.84. The highest BCUT2D eigenvalue weighted by Crippen LogP contribution is 2.38. The second kappa shape index (κ2) is 8.13. The Kier molecular flexibility index (Phi) is 5.56. The van der Waals surface area contributed by atoms with Crippen LogP contribution in [0.5, 0.6) is 0 Å². The molecule has 0 atom stereocenters. The van der Waals surface area contributed by atoms with Crippen molar-refractivity contribution in [3.63, 3.8) is 0 Å². The van der Waals surface area contributed by atoms with Gasteiger partial charge in [-0.15, -0.1) is 0 Å². The molecule has 2 aliphatic heterocycles. The quantitative estimate of drug-likeness (QED) is 0.784. The van der Waals surface area contributed by atoms with Crippen LogP contribution in [0.25, 0.3) is 0 Å². The monoisotopic (exact) mass is 395 g/mol. The molecule has 2 fully saturated rings. The summed E-state index contributed by atoms with van der Waals surface area (Å²) >= 11 is 0. The maximum absolute atomic E-state index is 13.3. The first-order valence-electron chi connectivity index (χ1n) is 10.3. The summed E-state index contributed by atoms with van der Waals surface area (Å²) in [5.74, 6) is 0.0169. The molecule has 0 saturated carbocycles. The first-order chi connectivity index (χ1) is 14.0. The van der Waals surface area contributed by atoms with E-state index < -0.39 is 11.0 Å². The minimum Gasteiger partial charge on any atom is -0.388 e. The van der Waals surface area contributed by atoms with Crippen molar-refractivity contribution in [3.8, 4) is 0 Å². The third kappa shape index (κ3) is 4.43. The lowest BCUT2D eigenvalue weighted by atomic mass is 9.73. The Balaban J connectivity index is 1.47. The number of nitrogens with one attached hydrogen (secondary N) is 1. The second-order valence-electron chi connectivity index (χ2n) is 8.47. The molecule has 6 heteroatoms. The zero-order valence-corrected chi connectivity index (χ0v) is 16.9. The van der Waals surface area contributed by atoms with E-state index in [1.54, 1.807) is 0 Å². The number of pyridine rings is 1. The predicted molar refractivity (Wildman–Crippen MR) is 112 cm³/mol. The van der Waals surface area contributed by atoms with E-state index in [1.165, 1.54) is 0 Å². The van der Waals surface area contributed by atoms with Crippen LogP contribution in [0.3, 0.4) is 0 Å². The zero-order valence-electron chi connectivity index (χ0n) is 16.9. The number of hydrogen-bond acceptors (Lipinski definition) is 5. The highest BCUT2D eigenvalue weighted by Gasteiger charge is 2.49. The molecule has 0 bridgehead atoms. The molecule has 29 heavy (non-hydrogen) atoms. The number of amides is 1. The molecule has 1 amide bonds. The van der Waals surface area contributed by atoms with Gasteiger partial charge in [0.2, 0.25) is 5.91 Å². The number of nitrogens with zero attached hydrogens (tertiary/aromatic N) is 2. The number of benzene rings is 1. The average molecular weight is 396 g/mol. The van der Waals surface area contributed by atoms with E-state index in [4.69, 9.17) is 4.74 Å². The number of carbonyl (C=O) groups excluding carboxylic acids is 1. The minimum atomic E-state index is -0.868. The van der Waals surface area contributed by atoms with E-state index in [1.807, 2.05) is 37.4 Å². The number of anilines is 1. The predicted octanol–water partition coefficient (Wildman–Crippen LogP) is 2.10. The molecule has 4 rings (SSSR count). The van der Waals surface area contributed by atoms with Crippen molar-refractivity contribution in [2.24, 2.45) is 5.41 Å². The summed E-state index contributed by atoms with van der Waals surface area (Å²) in [6.45, 7) is 4.63. The lowest BCUT2D eigenvalue weighted by molar-refractivity contribution is -0.135. The van der Waals surface area contributed by atoms with Gasteiger partial charge < -0.3 is 20.1 Å². The van der Waals surface area contributed by atoms with Gasteiger partial charge in [0.1, 0.15) is 0 Å². The molecular formula is C23H29N3O3. The van der Waals surface area contributed by atoms with Gasteiger partial charge in [0.15, 0.2) is 0 Å². The molecule has 2 aliphatic rings. The number of aromatic nitrogens is 1. The maximum atomic E-state index is 13.3. The van der Waals surface area contributed by atoms with Gasteiger partial charge in [0.05, 0.1) is 11.0 Å². The van der Waals surface area contributed by atoms with Crippen LogP contribution < -0.4 is 10.2 Å². The molecule has 0 radical (unpaired) electrons. The van der Waals surface area contributed by atoms with Crippen LogP contribution in [0.2, 0.25) is 0 Å². The Hall–Kier alpha value is -2.44. The van der Waals surface area contributed by atoms with Gasteiger partial charge in [0, 0.05) is 63.3 Å². The van der Waals surface area contributed by atoms with Crippen molar-refractivity contribution in [2.75, 3.05) is 37.7 Å². The molecule has 0 spiro atoms. The van der Waals surface area contributed by atoms with Crippen LogP contribution in [0.4, 0.5) is 5.69 Å². The zero-order chi connectivity index (χ0) is 20.3. The summed E-state index contributed by atoms with van der Waals surface area (Å²) in [4.78, 5) is 19.8. The van der Waals surface area contributed by atoms with Crippen molar-refractivity contribution in [1.82, 2.24) is 10.3 Å². The first kappa shape index (κ1) is 19.9. The number of ether oxygens (including phenoxy) is 1. The number of carbonyl (C=O) groups is 1. The molecule has 1 aromatic heterocycles. The Morgan fingerprint density at radius 3 is 2.62 bits per heavy atom. The van der Waals surface area contributed by atoms with Gasteiger partial charge in [-0.2, -0.15) is 0 Å². The Morgan fingerprint density at radius 1 is 1.21 bits per heavy atom. The molecule has 0 aliphatic carbocycles. The Labute approximate surface area is 171 Å². The molecule has 2 aromatic rings. The van der Waals surface area contributed by atoms with E-state index in [9.17, 15) is 9.90 Å². The fourth-order valence-electron chi connectivity index (χ4n) is 4.28. The fraction of sp³-hybridized carbons (Fsp3) is 0.478. The lowest BCUT2D eigenvalue weighted by Gasteiger charge is -2.50. The largest absolute Gasteiger partial charge is 0.388 e. The summed E-state index contributed by atoms with van der Waals surface area (Å²) < 4.78 is 5.34. The van der Waals surface area contributed by atoms with Crippen molar-refractivity contribution in [3.05, 3.63) is 59.9 Å². The van der Waals surface area contributed by atoms with E-state index in [-0.39, 0.29) is 12.5 Å². The highest BCUT2D eigenvalue weighted by atomic mass is 16.5. The lowest BCUT2D eigenvalue weighted by Crippen LogP contribution is -2.65. The van der Waals surface area contributed by atoms with Gasteiger partial charge in [-0.1, -0.05) is 30.3 Å². The van der Waals surface area contributed by atoms with Crippen molar-refractivity contribution >= 4 is 11.6 Å². The summed E-state index contributed by atoms with van der Waals surface area (Å²) in [6.07, 6.45) is 3.60. The molecule has 2 N–H and O–H groups in total. The summed E-state index contributed by atoms with van der Waals surface area (Å²) in [5, 5.41) is 13.8. The van der Waals surface area contributed by atoms with E-state index in [0.29, 0.717) is 45.6 Å². The van der Waals surface area contributed by atoms with Crippen molar-refractivity contribution < 1.29 is 14.6 Å². The maximum Gasteiger partial charge on any atom is 0.230 e. The van der Waals surface area contributed by atoms with Gasteiger partial charge in [-0.25, -0.2) is 0 Å². The molecule has 2 saturated heterocycles. The molecule has 1 aromatic carbocycles. The standard InChI is InChI=1S/C23H29N3O3/c1-18-13-20(7-10-24-18)26-16-22(17-26,14-19-5-3-2-4-6-19)21(27)25-15-23(28)8-11-29-12-9-23/h2-7,10,13,28H,8-9,11-12,14-17H2,1H3,(H,25,27). The van der Waals surface area contributed by atoms with Gasteiger partial charge in [-0.3, -0.25) is 9.78 Å². The third-order valence-corrected chi connectivity index (χ3v) is 6.10. The molecule has 154 valence electrons. The number of aryl methyl sites for hydroxylation is 1. The minimum absolute atomic E-state index is 0.0169. The molecular weight excluding hydrogens is 366 g/mol. The summed E-state index contributed by atoms with van der Waals surface area (Å²) in [6, 6.07) is 14.2. The van der Waals surface area contributed by atoms with Crippen molar-refractivity contribution in [1.29, 1.82) is 0 Å². The normalized spacial score (nSPS) is 20.0. The van der Waals surface area contributed by atoms with Crippen LogP contribution in [0.15, 0.2) is 48.7 Å². The van der Waals surface area contributed by atoms with Gasteiger partial charge in [0.25, 0.3) is 0 Å². The third-order valence-electron chi connectivity index (χ3n) is 6.10. The van der Waals surface area contributed by atoms with Crippen LogP contribution in [0.1, 0.15) is 24.1 Å². The molecule has 0 unspecified atom stereocenters. The molecule has 6 nitrogen and oxygen atoms in total. The second-order valence-corrected chi connectivity index (χ2v) is 8.47. The van der Waals surface area contributed by atoms with Crippen LogP contribution >= 0.6 is 0 Å². The van der Waals surface area contributed by atoms with Crippen molar-refractivity contribution in [2.45, 2.75) is 31.8 Å². The van der Waals surface area contributed by atoms with Crippen LogP contribution in [-0.2, 0) is 16.0 Å². The smallest absolute Gasteiger partial charge is 0.230 e. The summed E-state index contributed by atoms with van der Waals surface area (Å²) in [7, 11) is 0. The number of aliphatic hydroxyl groups is 1. The molecule has 3 heterocycles. The number of hydrogen-bond donors (Lipinski definition) is 2. The first-order valence-corrected chi connectivity index (χ1v) is 10.3. The highest BCUT2D eigenvalue weighted by molar-refractivity contribution is 5.86. The van der Waals surface area contributed by atoms with E-state index in [2.05, 4.69) is 33.4 Å². The van der Waals surface area contributed by atoms with E-state index >= 15 is 0 Å². The van der Waals surface area contributed by atoms with Crippen LogP contribution in [-0.4, -0.2) is 54.4 Å². The van der Waals surface area contributed by atoms with Gasteiger partial charge >= 0.3 is 0 Å².